The van der Waals surface area contributed by atoms with Crippen LogP contribution in [-0.4, -0.2) is 11.2 Å². The number of anilines is 1. The highest BCUT2D eigenvalue weighted by molar-refractivity contribution is 8.00. The predicted molar refractivity (Wildman–Crippen MR) is 86.8 cm³/mol. The largest absolute Gasteiger partial charge is 0.416 e. The van der Waals surface area contributed by atoms with E-state index in [-0.39, 0.29) is 5.91 Å². The molecule has 122 valence electrons. The number of carbonyl (C=O) groups excluding carboxylic acids is 1. The number of carbonyl (C=O) groups is 1. The molecule has 0 bridgehead atoms. The topological polar surface area (TPSA) is 29.1 Å². The van der Waals surface area contributed by atoms with Crippen molar-refractivity contribution in [1.82, 2.24) is 0 Å². The van der Waals surface area contributed by atoms with E-state index < -0.39 is 17.0 Å². The highest BCUT2D eigenvalue weighted by atomic mass is 35.5. The first kappa shape index (κ1) is 17.7. The Hall–Kier alpha value is -1.66. The van der Waals surface area contributed by atoms with Gasteiger partial charge in [-0.05, 0) is 43.3 Å². The van der Waals surface area contributed by atoms with Crippen LogP contribution in [0.3, 0.4) is 0 Å². The summed E-state index contributed by atoms with van der Waals surface area (Å²) in [4.78, 5) is 12.9. The lowest BCUT2D eigenvalue weighted by atomic mass is 10.2. The van der Waals surface area contributed by atoms with Crippen molar-refractivity contribution in [2.24, 2.45) is 0 Å². The number of alkyl halides is 3. The number of hydrogen-bond acceptors (Lipinski definition) is 2. The van der Waals surface area contributed by atoms with Gasteiger partial charge in [0.15, 0.2) is 0 Å². The van der Waals surface area contributed by atoms with E-state index in [0.717, 1.165) is 17.0 Å². The molecule has 0 radical (unpaired) electrons. The molecule has 0 aliphatic rings. The van der Waals surface area contributed by atoms with Crippen molar-refractivity contribution >= 4 is 35.0 Å². The van der Waals surface area contributed by atoms with Crippen LogP contribution in [-0.2, 0) is 11.0 Å². The molecule has 0 heterocycles. The van der Waals surface area contributed by atoms with Crippen molar-refractivity contribution in [2.45, 2.75) is 23.2 Å². The Bertz CT molecular complexity index is 688. The van der Waals surface area contributed by atoms with Crippen molar-refractivity contribution in [1.29, 1.82) is 0 Å². The second kappa shape index (κ2) is 7.27. The second-order valence-electron chi connectivity index (χ2n) is 4.75. The second-order valence-corrected chi connectivity index (χ2v) is 6.54. The van der Waals surface area contributed by atoms with Crippen LogP contribution in [0, 0.1) is 0 Å². The monoisotopic (exact) mass is 359 g/mol. The van der Waals surface area contributed by atoms with Gasteiger partial charge < -0.3 is 5.32 Å². The van der Waals surface area contributed by atoms with E-state index in [0.29, 0.717) is 10.7 Å². The molecule has 0 aliphatic carbocycles. The maximum absolute atomic E-state index is 12.5. The average molecular weight is 360 g/mol. The summed E-state index contributed by atoms with van der Waals surface area (Å²) in [5.41, 5.74) is -0.441. The van der Waals surface area contributed by atoms with Gasteiger partial charge in [-0.25, -0.2) is 0 Å². The molecule has 0 fully saturated rings. The van der Waals surface area contributed by atoms with Gasteiger partial charge in [0.2, 0.25) is 5.91 Å². The van der Waals surface area contributed by atoms with E-state index in [1.807, 2.05) is 6.07 Å². The van der Waals surface area contributed by atoms with Gasteiger partial charge in [-0.2, -0.15) is 13.2 Å². The number of hydrogen-bond donors (Lipinski definition) is 1. The molecular formula is C16H13ClF3NOS. The molecule has 0 saturated heterocycles. The van der Waals surface area contributed by atoms with Crippen molar-refractivity contribution < 1.29 is 18.0 Å². The van der Waals surface area contributed by atoms with E-state index >= 15 is 0 Å². The lowest BCUT2D eigenvalue weighted by Gasteiger charge is -2.13. The zero-order valence-electron chi connectivity index (χ0n) is 12.0. The summed E-state index contributed by atoms with van der Waals surface area (Å²) in [5.74, 6) is -0.310. The van der Waals surface area contributed by atoms with Crippen LogP contribution in [0.4, 0.5) is 18.9 Å². The average Bonchev–Trinajstić information content (AvgIpc) is 2.49. The first-order valence-corrected chi connectivity index (χ1v) is 7.92. The van der Waals surface area contributed by atoms with Gasteiger partial charge in [-0.15, -0.1) is 11.8 Å². The molecule has 7 heteroatoms. The summed E-state index contributed by atoms with van der Waals surface area (Å²) < 4.78 is 37.5. The Morgan fingerprint density at radius 3 is 2.30 bits per heavy atom. The zero-order chi connectivity index (χ0) is 17.0. The number of thioether (sulfide) groups is 1. The molecule has 1 atom stereocenters. The number of rotatable bonds is 4. The first-order valence-electron chi connectivity index (χ1n) is 6.66. The molecule has 2 aromatic carbocycles. The quantitative estimate of drug-likeness (QED) is 0.732. The van der Waals surface area contributed by atoms with E-state index in [2.05, 4.69) is 5.32 Å². The fraction of sp³-hybridized carbons (Fsp3) is 0.188. The molecule has 2 nitrogen and oxygen atoms in total. The number of amides is 1. The van der Waals surface area contributed by atoms with Gasteiger partial charge >= 0.3 is 6.18 Å². The fourth-order valence-corrected chi connectivity index (χ4v) is 2.92. The minimum Gasteiger partial charge on any atom is -0.325 e. The Labute approximate surface area is 141 Å². The molecule has 0 saturated carbocycles. The van der Waals surface area contributed by atoms with Crippen molar-refractivity contribution in [2.75, 3.05) is 5.32 Å². The van der Waals surface area contributed by atoms with Crippen LogP contribution in [0.2, 0.25) is 5.02 Å². The van der Waals surface area contributed by atoms with Crippen molar-refractivity contribution in [3.05, 3.63) is 59.1 Å². The minimum atomic E-state index is -4.39. The summed E-state index contributed by atoms with van der Waals surface area (Å²) in [5, 5.41) is 2.69. The normalized spacial score (nSPS) is 12.7. The Morgan fingerprint density at radius 2 is 1.74 bits per heavy atom. The summed E-state index contributed by atoms with van der Waals surface area (Å²) in [7, 11) is 0. The molecule has 0 unspecified atom stereocenters. The first-order chi connectivity index (χ1) is 10.8. The molecule has 2 aromatic rings. The SMILES string of the molecule is C[C@H](Sc1ccccc1Cl)C(=O)Nc1ccc(C(F)(F)F)cc1. The van der Waals surface area contributed by atoms with Gasteiger partial charge in [0.1, 0.15) is 0 Å². The van der Waals surface area contributed by atoms with E-state index in [1.165, 1.54) is 23.9 Å². The highest BCUT2D eigenvalue weighted by Gasteiger charge is 2.30. The van der Waals surface area contributed by atoms with Crippen LogP contribution in [0.5, 0.6) is 0 Å². The maximum Gasteiger partial charge on any atom is 0.416 e. The number of halogens is 4. The van der Waals surface area contributed by atoms with Crippen molar-refractivity contribution in [3.8, 4) is 0 Å². The smallest absolute Gasteiger partial charge is 0.325 e. The molecule has 2 rings (SSSR count). The Morgan fingerprint density at radius 1 is 1.13 bits per heavy atom. The van der Waals surface area contributed by atoms with E-state index in [4.69, 9.17) is 11.6 Å². The van der Waals surface area contributed by atoms with E-state index in [1.54, 1.807) is 25.1 Å². The third-order valence-corrected chi connectivity index (χ3v) is 4.61. The molecule has 1 N–H and O–H groups in total. The third kappa shape index (κ3) is 4.91. The summed E-state index contributed by atoms with van der Waals surface area (Å²) >= 11 is 7.32. The lowest BCUT2D eigenvalue weighted by molar-refractivity contribution is -0.137. The standard InChI is InChI=1S/C16H13ClF3NOS/c1-10(23-14-5-3-2-4-13(14)17)15(22)21-12-8-6-11(7-9-12)16(18,19)20/h2-10H,1H3,(H,21,22)/t10-/m0/s1. The molecule has 0 spiro atoms. The van der Waals surface area contributed by atoms with Gasteiger partial charge in [0, 0.05) is 10.6 Å². The number of benzene rings is 2. The van der Waals surface area contributed by atoms with Gasteiger partial charge in [-0.1, -0.05) is 23.7 Å². The number of nitrogens with one attached hydrogen (secondary N) is 1. The maximum atomic E-state index is 12.5. The summed E-state index contributed by atoms with van der Waals surface area (Å²) in [6.07, 6.45) is -4.39. The van der Waals surface area contributed by atoms with Gasteiger partial charge in [-0.3, -0.25) is 4.79 Å². The highest BCUT2D eigenvalue weighted by Crippen LogP contribution is 2.31. The van der Waals surface area contributed by atoms with Gasteiger partial charge in [0.25, 0.3) is 0 Å². The molecule has 23 heavy (non-hydrogen) atoms. The minimum absolute atomic E-state index is 0.310. The molecular weight excluding hydrogens is 347 g/mol. The predicted octanol–water partition coefficient (Wildman–Crippen LogP) is 5.48. The van der Waals surface area contributed by atoms with Crippen LogP contribution in [0.1, 0.15) is 12.5 Å². The lowest BCUT2D eigenvalue weighted by Crippen LogP contribution is -2.22. The van der Waals surface area contributed by atoms with Crippen LogP contribution in [0.25, 0.3) is 0 Å². The summed E-state index contributed by atoms with van der Waals surface area (Å²) in [6, 6.07) is 11.5. The summed E-state index contributed by atoms with van der Waals surface area (Å²) in [6.45, 7) is 1.70. The van der Waals surface area contributed by atoms with Gasteiger partial charge in [0.05, 0.1) is 15.8 Å². The molecule has 0 aliphatic heterocycles. The zero-order valence-corrected chi connectivity index (χ0v) is 13.6. The Kier molecular flexibility index (Phi) is 5.59. The van der Waals surface area contributed by atoms with Crippen molar-refractivity contribution in [3.63, 3.8) is 0 Å². The van der Waals surface area contributed by atoms with E-state index in [9.17, 15) is 18.0 Å². The third-order valence-electron chi connectivity index (χ3n) is 2.99. The van der Waals surface area contributed by atoms with Crippen LogP contribution in [0.15, 0.2) is 53.4 Å². The molecule has 1 amide bonds. The fourth-order valence-electron chi connectivity index (χ4n) is 1.77. The van der Waals surface area contributed by atoms with Crippen LogP contribution < -0.4 is 5.32 Å². The Balaban J connectivity index is 2.00. The molecule has 0 aromatic heterocycles. The van der Waals surface area contributed by atoms with Crippen LogP contribution >= 0.6 is 23.4 Å².